The molecule has 154 valence electrons. The summed E-state index contributed by atoms with van der Waals surface area (Å²) in [7, 11) is 0. The minimum atomic E-state index is -0.370. The molecular formula is C23H21ClN2O4. The lowest BCUT2D eigenvalue weighted by atomic mass is 10.1. The first-order valence-corrected chi connectivity index (χ1v) is 10.1. The van der Waals surface area contributed by atoms with Gasteiger partial charge in [-0.2, -0.15) is 0 Å². The van der Waals surface area contributed by atoms with Gasteiger partial charge in [0.1, 0.15) is 18.0 Å². The van der Waals surface area contributed by atoms with Crippen molar-refractivity contribution in [3.8, 4) is 11.5 Å². The molecule has 0 aromatic heterocycles. The van der Waals surface area contributed by atoms with Crippen molar-refractivity contribution in [3.05, 3.63) is 71.2 Å². The van der Waals surface area contributed by atoms with E-state index in [0.29, 0.717) is 23.6 Å². The van der Waals surface area contributed by atoms with Crippen molar-refractivity contribution in [1.29, 1.82) is 0 Å². The fraction of sp³-hybridized carbons (Fsp3) is 0.217. The van der Waals surface area contributed by atoms with Crippen LogP contribution in [0.25, 0.3) is 10.8 Å². The van der Waals surface area contributed by atoms with Gasteiger partial charge in [-0.15, -0.1) is 0 Å². The number of carbonyl (C=O) groups excluding carboxylic acids is 2. The second-order valence-corrected chi connectivity index (χ2v) is 7.60. The number of rotatable bonds is 7. The number of halogens is 1. The number of imide groups is 1. The summed E-state index contributed by atoms with van der Waals surface area (Å²) in [6.45, 7) is 0.783. The summed E-state index contributed by atoms with van der Waals surface area (Å²) < 4.78 is 5.79. The standard InChI is InChI=1S/C23H21ClN2O4/c24-19-7-9-21(27)18(12-19)14-25-15-22(28)26(23(25)29)10-3-11-30-20-8-6-16-4-1-2-5-17(16)13-20/h1-2,4-9,12-13,27H,3,10-11,14-15H2. The lowest BCUT2D eigenvalue weighted by Crippen LogP contribution is -2.34. The highest BCUT2D eigenvalue weighted by molar-refractivity contribution is 6.30. The van der Waals surface area contributed by atoms with E-state index in [1.165, 1.54) is 15.9 Å². The van der Waals surface area contributed by atoms with Crippen molar-refractivity contribution < 1.29 is 19.4 Å². The fourth-order valence-corrected chi connectivity index (χ4v) is 3.69. The Morgan fingerprint density at radius 1 is 1.00 bits per heavy atom. The number of hydrogen-bond donors (Lipinski definition) is 1. The van der Waals surface area contributed by atoms with Crippen molar-refractivity contribution >= 4 is 34.3 Å². The number of aromatic hydroxyl groups is 1. The molecule has 1 saturated heterocycles. The molecule has 1 fully saturated rings. The number of amides is 3. The van der Waals surface area contributed by atoms with Crippen LogP contribution in [0.4, 0.5) is 4.79 Å². The molecular weight excluding hydrogens is 404 g/mol. The predicted octanol–water partition coefficient (Wildman–Crippen LogP) is 4.43. The Bertz CT molecular complexity index is 1100. The van der Waals surface area contributed by atoms with Crippen LogP contribution in [0.5, 0.6) is 11.5 Å². The van der Waals surface area contributed by atoms with E-state index in [-0.39, 0.29) is 37.3 Å². The molecule has 1 heterocycles. The Labute approximate surface area is 179 Å². The number of nitrogens with zero attached hydrogens (tertiary/aromatic N) is 2. The van der Waals surface area contributed by atoms with Crippen LogP contribution in [0.3, 0.4) is 0 Å². The Hall–Kier alpha value is -3.25. The van der Waals surface area contributed by atoms with Crippen LogP contribution < -0.4 is 4.74 Å². The number of ether oxygens (including phenoxy) is 1. The van der Waals surface area contributed by atoms with E-state index in [1.54, 1.807) is 12.1 Å². The van der Waals surface area contributed by atoms with E-state index in [0.717, 1.165) is 16.5 Å². The fourth-order valence-electron chi connectivity index (χ4n) is 3.49. The van der Waals surface area contributed by atoms with Crippen LogP contribution in [0.1, 0.15) is 12.0 Å². The first kappa shape index (κ1) is 20.0. The zero-order valence-electron chi connectivity index (χ0n) is 16.3. The molecule has 6 nitrogen and oxygen atoms in total. The van der Waals surface area contributed by atoms with Gasteiger partial charge in [0.15, 0.2) is 0 Å². The second kappa shape index (κ2) is 8.63. The van der Waals surface area contributed by atoms with Gasteiger partial charge in [0.2, 0.25) is 5.91 Å². The normalized spacial score (nSPS) is 14.0. The minimum absolute atomic E-state index is 0.0175. The molecule has 30 heavy (non-hydrogen) atoms. The maximum atomic E-state index is 12.6. The van der Waals surface area contributed by atoms with Crippen molar-refractivity contribution in [2.24, 2.45) is 0 Å². The highest BCUT2D eigenvalue weighted by Gasteiger charge is 2.35. The van der Waals surface area contributed by atoms with Crippen LogP contribution in [-0.4, -0.2) is 46.5 Å². The van der Waals surface area contributed by atoms with Gasteiger partial charge in [-0.3, -0.25) is 9.69 Å². The van der Waals surface area contributed by atoms with Crippen LogP contribution in [0.2, 0.25) is 5.02 Å². The molecule has 0 unspecified atom stereocenters. The van der Waals surface area contributed by atoms with Gasteiger partial charge in [0, 0.05) is 17.1 Å². The van der Waals surface area contributed by atoms with Gasteiger partial charge >= 0.3 is 6.03 Å². The zero-order valence-corrected chi connectivity index (χ0v) is 17.0. The highest BCUT2D eigenvalue weighted by atomic mass is 35.5. The Morgan fingerprint density at radius 3 is 2.63 bits per heavy atom. The molecule has 1 N–H and O–H groups in total. The van der Waals surface area contributed by atoms with E-state index < -0.39 is 0 Å². The van der Waals surface area contributed by atoms with Gasteiger partial charge < -0.3 is 14.7 Å². The first-order chi connectivity index (χ1) is 14.5. The van der Waals surface area contributed by atoms with Crippen molar-refractivity contribution in [2.45, 2.75) is 13.0 Å². The first-order valence-electron chi connectivity index (χ1n) is 9.69. The lowest BCUT2D eigenvalue weighted by Gasteiger charge is -2.18. The monoisotopic (exact) mass is 424 g/mol. The van der Waals surface area contributed by atoms with E-state index in [2.05, 4.69) is 0 Å². The average Bonchev–Trinajstić information content (AvgIpc) is 3.01. The number of carbonyl (C=O) groups is 2. The summed E-state index contributed by atoms with van der Waals surface area (Å²) >= 11 is 5.96. The average molecular weight is 425 g/mol. The Morgan fingerprint density at radius 2 is 1.80 bits per heavy atom. The summed E-state index contributed by atoms with van der Waals surface area (Å²) in [6, 6.07) is 18.2. The third-order valence-electron chi connectivity index (χ3n) is 5.05. The molecule has 0 atom stereocenters. The molecule has 0 spiro atoms. The Balaban J connectivity index is 1.30. The lowest BCUT2D eigenvalue weighted by molar-refractivity contribution is -0.125. The molecule has 0 radical (unpaired) electrons. The van der Waals surface area contributed by atoms with E-state index in [1.807, 2.05) is 42.5 Å². The SMILES string of the molecule is O=C1CN(Cc2cc(Cl)ccc2O)C(=O)N1CCCOc1ccc2ccccc2c1. The van der Waals surface area contributed by atoms with Crippen LogP contribution in [0, 0.1) is 0 Å². The molecule has 3 aromatic carbocycles. The predicted molar refractivity (Wildman–Crippen MR) is 115 cm³/mol. The molecule has 1 aliphatic rings. The number of phenolic OH excluding ortho intramolecular Hbond substituents is 1. The highest BCUT2D eigenvalue weighted by Crippen LogP contribution is 2.25. The maximum Gasteiger partial charge on any atom is 0.327 e. The Kier molecular flexibility index (Phi) is 5.77. The topological polar surface area (TPSA) is 70.1 Å². The number of benzene rings is 3. The summed E-state index contributed by atoms with van der Waals surface area (Å²) in [4.78, 5) is 27.5. The molecule has 7 heteroatoms. The summed E-state index contributed by atoms with van der Waals surface area (Å²) in [5, 5.41) is 12.7. The molecule has 0 saturated carbocycles. The number of fused-ring (bicyclic) bond motifs is 1. The van der Waals surface area contributed by atoms with E-state index in [4.69, 9.17) is 16.3 Å². The molecule has 0 bridgehead atoms. The van der Waals surface area contributed by atoms with Gasteiger partial charge in [0.05, 0.1) is 13.2 Å². The van der Waals surface area contributed by atoms with Gasteiger partial charge in [-0.1, -0.05) is 41.9 Å². The summed E-state index contributed by atoms with van der Waals surface area (Å²) in [5.41, 5.74) is 0.505. The van der Waals surface area contributed by atoms with Gasteiger partial charge in [0.25, 0.3) is 0 Å². The summed E-state index contributed by atoms with van der Waals surface area (Å²) in [5.74, 6) is 0.542. The molecule has 1 aliphatic heterocycles. The van der Waals surface area contributed by atoms with Crippen LogP contribution >= 0.6 is 11.6 Å². The van der Waals surface area contributed by atoms with Gasteiger partial charge in [-0.05, 0) is 47.5 Å². The summed E-state index contributed by atoms with van der Waals surface area (Å²) in [6.07, 6.45) is 0.528. The molecule has 0 aliphatic carbocycles. The largest absolute Gasteiger partial charge is 0.508 e. The molecule has 3 aromatic rings. The minimum Gasteiger partial charge on any atom is -0.508 e. The number of phenols is 1. The van der Waals surface area contributed by atoms with E-state index >= 15 is 0 Å². The smallest absolute Gasteiger partial charge is 0.327 e. The molecule has 4 rings (SSSR count). The van der Waals surface area contributed by atoms with Crippen molar-refractivity contribution in [3.63, 3.8) is 0 Å². The second-order valence-electron chi connectivity index (χ2n) is 7.17. The zero-order chi connectivity index (χ0) is 21.1. The van der Waals surface area contributed by atoms with Crippen LogP contribution in [-0.2, 0) is 11.3 Å². The van der Waals surface area contributed by atoms with Gasteiger partial charge in [-0.25, -0.2) is 4.79 Å². The maximum absolute atomic E-state index is 12.6. The third-order valence-corrected chi connectivity index (χ3v) is 5.28. The number of urea groups is 1. The number of hydrogen-bond acceptors (Lipinski definition) is 4. The van der Waals surface area contributed by atoms with E-state index in [9.17, 15) is 14.7 Å². The van der Waals surface area contributed by atoms with Crippen LogP contribution in [0.15, 0.2) is 60.7 Å². The quantitative estimate of drug-likeness (QED) is 0.450. The molecule has 3 amide bonds. The van der Waals surface area contributed by atoms with Crippen molar-refractivity contribution in [1.82, 2.24) is 9.80 Å². The third kappa shape index (κ3) is 4.33. The van der Waals surface area contributed by atoms with Crippen molar-refractivity contribution in [2.75, 3.05) is 19.7 Å².